The predicted molar refractivity (Wildman–Crippen MR) is 239 cm³/mol. The summed E-state index contributed by atoms with van der Waals surface area (Å²) in [4.78, 5) is 5.09. The van der Waals surface area contributed by atoms with Crippen molar-refractivity contribution in [2.45, 2.75) is 44.0 Å². The maximum atomic E-state index is 13.6. The van der Waals surface area contributed by atoms with Crippen LogP contribution >= 0.6 is 11.3 Å². The second kappa shape index (κ2) is 17.5. The van der Waals surface area contributed by atoms with E-state index in [2.05, 4.69) is 107 Å². The number of benzene rings is 7. The summed E-state index contributed by atoms with van der Waals surface area (Å²) in [5, 5.41) is 2.38. The van der Waals surface area contributed by atoms with Gasteiger partial charge in [-0.2, -0.15) is 11.3 Å². The van der Waals surface area contributed by atoms with Crippen LogP contribution in [0.5, 0.6) is 0 Å². The third-order valence-electron chi connectivity index (χ3n) is 9.88. The number of rotatable bonds is 8. The Morgan fingerprint density at radius 1 is 0.754 bits per heavy atom. The Morgan fingerprint density at radius 2 is 1.49 bits per heavy atom. The molecule has 0 aliphatic rings. The number of nitrogens with zero attached hydrogens (tertiary/aromatic N) is 2. The van der Waals surface area contributed by atoms with Gasteiger partial charge in [-0.05, 0) is 51.0 Å². The van der Waals surface area contributed by atoms with Gasteiger partial charge in [-0.25, -0.2) is 4.39 Å². The molecule has 2 nitrogen and oxygen atoms in total. The second-order valence-corrected chi connectivity index (χ2v) is 27.0. The van der Waals surface area contributed by atoms with Crippen molar-refractivity contribution >= 4 is 60.2 Å². The molecule has 0 aliphatic carbocycles. The number of aromatic nitrogens is 2. The van der Waals surface area contributed by atoms with Crippen molar-refractivity contribution in [1.29, 1.82) is 0 Å². The molecule has 0 saturated heterocycles. The summed E-state index contributed by atoms with van der Waals surface area (Å²) >= 11 is -0.416. The van der Waals surface area contributed by atoms with Gasteiger partial charge in [0.05, 0.1) is 16.9 Å². The van der Waals surface area contributed by atoms with E-state index in [9.17, 15) is 4.39 Å². The summed E-state index contributed by atoms with van der Waals surface area (Å²) in [5.41, 5.74) is 9.17. The first-order chi connectivity index (χ1) is 27.9. The van der Waals surface area contributed by atoms with Crippen LogP contribution in [0.25, 0.3) is 64.8 Å². The average molecular weight is 1000 g/mol. The minimum Gasteiger partial charge on any atom is 3.00 e. The van der Waals surface area contributed by atoms with Gasteiger partial charge in [0.2, 0.25) is 0 Å². The molecular weight excluding hydrogens is 956 g/mol. The number of hydrogen-bond donors (Lipinski definition) is 0. The zero-order valence-electron chi connectivity index (χ0n) is 34.7. The molecule has 2 aromatic heterocycles. The standard InChI is InChI=1S/C32H20FN2S.C19H24Ge.Ir/c33-23-18-16-22(17-19-23)24-10-6-11-25-26-12-7-13-27(31(26)36-30(24)25)32-34-28-14-4-5-15-29(28)35(32)20-21-8-2-1-3-9-21;1-15(2)13-18-14-17(16-9-7-6-8-10-16)11-12-19(18)20(3,4)5;/h1-12,14-19H,20H2;6-9,12,14-15H,13H2,1-5H3;/q-1;-2;+3/i;13D2;. The summed E-state index contributed by atoms with van der Waals surface area (Å²) in [6.45, 7) is 4.63. The zero-order valence-corrected chi connectivity index (χ0v) is 38.0. The molecule has 6 heteroatoms. The van der Waals surface area contributed by atoms with E-state index in [-0.39, 0.29) is 31.8 Å². The molecular formula is C51H44FGeIrN2S. The fraction of sp³-hybridized carbons (Fsp3) is 0.157. The van der Waals surface area contributed by atoms with Crippen molar-refractivity contribution in [3.05, 3.63) is 181 Å². The number of imidazole rings is 1. The van der Waals surface area contributed by atoms with E-state index >= 15 is 0 Å². The van der Waals surface area contributed by atoms with Crippen molar-refractivity contribution in [2.75, 3.05) is 0 Å². The van der Waals surface area contributed by atoms with E-state index in [1.54, 1.807) is 11.3 Å². The van der Waals surface area contributed by atoms with Crippen molar-refractivity contribution in [3.63, 3.8) is 0 Å². The second-order valence-electron chi connectivity index (χ2n) is 15.4. The van der Waals surface area contributed by atoms with Gasteiger partial charge in [0.15, 0.2) is 0 Å². The van der Waals surface area contributed by atoms with Gasteiger partial charge in [-0.3, -0.25) is 4.98 Å². The summed E-state index contributed by atoms with van der Waals surface area (Å²) in [6, 6.07) is 57.9. The molecule has 57 heavy (non-hydrogen) atoms. The molecule has 0 aliphatic heterocycles. The fourth-order valence-corrected chi connectivity index (χ4v) is 11.6. The predicted octanol–water partition coefficient (Wildman–Crippen LogP) is 13.4. The van der Waals surface area contributed by atoms with Crippen molar-refractivity contribution in [1.82, 2.24) is 9.55 Å². The van der Waals surface area contributed by atoms with E-state index < -0.39 is 19.6 Å². The fourth-order valence-electron chi connectivity index (χ4n) is 7.24. The first-order valence-electron chi connectivity index (χ1n) is 20.1. The van der Waals surface area contributed by atoms with Crippen molar-refractivity contribution in [2.24, 2.45) is 5.92 Å². The van der Waals surface area contributed by atoms with E-state index in [1.807, 2.05) is 80.6 Å². The van der Waals surface area contributed by atoms with Gasteiger partial charge < -0.3 is 4.57 Å². The SMILES string of the molecule is Fc1ccc(-c2cccc3c2sc2c(-c4nc5ccccc5n4Cc4ccccc4)[c-]ccc23)cc1.[2H]C([2H])(c1cc(-c2[c-]cccc2)[c-]c[c]1[Ge]([CH3])([CH3])[CH3])C(C)C.[Ir+3]. The molecule has 0 amide bonds. The monoisotopic (exact) mass is 1000 g/mol. The topological polar surface area (TPSA) is 17.8 Å². The van der Waals surface area contributed by atoms with E-state index in [0.29, 0.717) is 0 Å². The largest absolute Gasteiger partial charge is 3.00 e. The van der Waals surface area contributed by atoms with Crippen LogP contribution in [-0.2, 0) is 33.0 Å². The zero-order chi connectivity index (χ0) is 40.6. The molecule has 2 heterocycles. The number of halogens is 1. The van der Waals surface area contributed by atoms with Gasteiger partial charge in [-0.15, -0.1) is 18.2 Å². The molecule has 284 valence electrons. The molecule has 0 fully saturated rings. The smallest absolute Gasteiger partial charge is 3.00 e. The molecule has 0 bridgehead atoms. The van der Waals surface area contributed by atoms with Gasteiger partial charge in [0.25, 0.3) is 0 Å². The van der Waals surface area contributed by atoms with Crippen LogP contribution in [0.2, 0.25) is 17.3 Å². The summed E-state index contributed by atoms with van der Waals surface area (Å²) in [6.07, 6.45) is -1.33. The Bertz CT molecular complexity index is 2870. The Morgan fingerprint density at radius 3 is 2.23 bits per heavy atom. The normalized spacial score (nSPS) is 12.3. The molecule has 0 N–H and O–H groups in total. The maximum Gasteiger partial charge on any atom is 3.00 e. The van der Waals surface area contributed by atoms with Crippen LogP contribution < -0.4 is 4.40 Å². The molecule has 9 rings (SSSR count). The van der Waals surface area contributed by atoms with E-state index in [0.717, 1.165) is 61.5 Å². The number of thiophene rings is 1. The Labute approximate surface area is 359 Å². The summed E-state index contributed by atoms with van der Waals surface area (Å²) in [5.74, 6) is 7.54. The van der Waals surface area contributed by atoms with E-state index in [4.69, 9.17) is 7.73 Å². The van der Waals surface area contributed by atoms with Crippen molar-refractivity contribution in [3.8, 4) is 33.6 Å². The van der Waals surface area contributed by atoms with Crippen LogP contribution in [-0.4, -0.2) is 22.8 Å². The van der Waals surface area contributed by atoms with Crippen LogP contribution in [0.4, 0.5) is 4.39 Å². The van der Waals surface area contributed by atoms with Crippen LogP contribution in [0.15, 0.2) is 146 Å². The maximum absolute atomic E-state index is 13.6. The molecule has 7 aromatic carbocycles. The van der Waals surface area contributed by atoms with Crippen LogP contribution in [0, 0.1) is 29.9 Å². The van der Waals surface area contributed by atoms with Crippen LogP contribution in [0.1, 0.15) is 27.7 Å². The first-order valence-corrected chi connectivity index (χ1v) is 27.2. The van der Waals surface area contributed by atoms with Gasteiger partial charge >= 0.3 is 149 Å². The minimum atomic E-state index is -2.17. The van der Waals surface area contributed by atoms with Crippen molar-refractivity contribution < 1.29 is 27.2 Å². The number of hydrogen-bond acceptors (Lipinski definition) is 2. The number of para-hydroxylation sites is 2. The Kier molecular flexibility index (Phi) is 11.6. The van der Waals surface area contributed by atoms with Gasteiger partial charge in [-0.1, -0.05) is 83.7 Å². The quantitative estimate of drug-likeness (QED) is 0.110. The molecule has 0 spiro atoms. The van der Waals surface area contributed by atoms with E-state index in [1.165, 1.54) is 37.6 Å². The number of fused-ring (bicyclic) bond motifs is 4. The Hall–Kier alpha value is -4.65. The third-order valence-corrected chi connectivity index (χ3v) is 15.4. The molecule has 0 atom stereocenters. The minimum absolute atomic E-state index is 0. The molecule has 0 radical (unpaired) electrons. The van der Waals surface area contributed by atoms with Gasteiger partial charge in [0, 0.05) is 11.2 Å². The Balaban J connectivity index is 0.000000199. The third kappa shape index (κ3) is 8.78. The molecule has 9 aromatic rings. The first kappa shape index (κ1) is 37.9. The molecule has 0 unspecified atom stereocenters. The average Bonchev–Trinajstić information content (AvgIpc) is 3.80. The van der Waals surface area contributed by atoms with Crippen LogP contribution in [0.3, 0.4) is 0 Å². The molecule has 0 saturated carbocycles. The summed E-state index contributed by atoms with van der Waals surface area (Å²) < 4.78 is 36.6. The summed E-state index contributed by atoms with van der Waals surface area (Å²) in [7, 11) is 0. The van der Waals surface area contributed by atoms with Gasteiger partial charge in [0.1, 0.15) is 5.82 Å².